The summed E-state index contributed by atoms with van der Waals surface area (Å²) in [7, 11) is 1.99. The Balaban J connectivity index is 2.31. The van der Waals surface area contributed by atoms with Gasteiger partial charge in [0.1, 0.15) is 5.75 Å². The zero-order chi connectivity index (χ0) is 11.5. The normalized spacial score (nSPS) is 10.1. The second kappa shape index (κ2) is 4.27. The summed E-state index contributed by atoms with van der Waals surface area (Å²) in [5.74, 6) is 0.288. The maximum Gasteiger partial charge on any atom is 0.117 e. The summed E-state index contributed by atoms with van der Waals surface area (Å²) in [6.07, 6.45) is 0. The number of nitrogens with zero attached hydrogens (tertiary/aromatic N) is 1. The van der Waals surface area contributed by atoms with E-state index in [4.69, 9.17) is 0 Å². The number of aryl methyl sites for hydroxylation is 1. The van der Waals surface area contributed by atoms with E-state index < -0.39 is 0 Å². The van der Waals surface area contributed by atoms with Crippen LogP contribution in [0, 0.1) is 6.92 Å². The Bertz CT molecular complexity index is 476. The van der Waals surface area contributed by atoms with Gasteiger partial charge in [0, 0.05) is 24.5 Å². The molecule has 0 saturated heterocycles. The third-order valence-electron chi connectivity index (χ3n) is 2.64. The van der Waals surface area contributed by atoms with Crippen LogP contribution in [0.2, 0.25) is 0 Å². The lowest BCUT2D eigenvalue weighted by Crippen LogP contribution is -2.08. The standard InChI is InChI=1S/C14H15NO/c1-11-6-8-12(9-7-11)15(2)13-4-3-5-14(16)10-13/h3-10,16H,1-2H3. The van der Waals surface area contributed by atoms with E-state index >= 15 is 0 Å². The zero-order valence-electron chi connectivity index (χ0n) is 9.51. The lowest BCUT2D eigenvalue weighted by molar-refractivity contribution is 0.475. The van der Waals surface area contributed by atoms with Crippen LogP contribution in [0.4, 0.5) is 11.4 Å². The van der Waals surface area contributed by atoms with Crippen molar-refractivity contribution in [1.82, 2.24) is 0 Å². The average Bonchev–Trinajstić information content (AvgIpc) is 2.29. The van der Waals surface area contributed by atoms with Crippen LogP contribution in [-0.2, 0) is 0 Å². The van der Waals surface area contributed by atoms with Crippen molar-refractivity contribution in [2.45, 2.75) is 6.92 Å². The third kappa shape index (κ3) is 2.16. The van der Waals surface area contributed by atoms with Crippen LogP contribution in [0.25, 0.3) is 0 Å². The average molecular weight is 213 g/mol. The van der Waals surface area contributed by atoms with Gasteiger partial charge in [-0.25, -0.2) is 0 Å². The fourth-order valence-corrected chi connectivity index (χ4v) is 1.62. The van der Waals surface area contributed by atoms with Crippen LogP contribution in [0.15, 0.2) is 48.5 Å². The highest BCUT2D eigenvalue weighted by Crippen LogP contribution is 2.26. The fourth-order valence-electron chi connectivity index (χ4n) is 1.62. The number of phenols is 1. The Morgan fingerprint density at radius 2 is 1.62 bits per heavy atom. The molecule has 2 aromatic carbocycles. The van der Waals surface area contributed by atoms with Gasteiger partial charge < -0.3 is 10.0 Å². The molecule has 0 unspecified atom stereocenters. The molecule has 16 heavy (non-hydrogen) atoms. The van der Waals surface area contributed by atoms with E-state index in [-0.39, 0.29) is 5.75 Å². The minimum absolute atomic E-state index is 0.288. The van der Waals surface area contributed by atoms with Crippen molar-refractivity contribution in [3.8, 4) is 5.75 Å². The van der Waals surface area contributed by atoms with Crippen molar-refractivity contribution in [2.24, 2.45) is 0 Å². The molecule has 0 bridgehead atoms. The highest BCUT2D eigenvalue weighted by molar-refractivity contribution is 5.63. The predicted octanol–water partition coefficient (Wildman–Crippen LogP) is 3.47. The highest BCUT2D eigenvalue weighted by Gasteiger charge is 2.03. The van der Waals surface area contributed by atoms with Gasteiger partial charge in [-0.15, -0.1) is 0 Å². The molecule has 82 valence electrons. The predicted molar refractivity (Wildman–Crippen MR) is 67.3 cm³/mol. The molecular weight excluding hydrogens is 198 g/mol. The van der Waals surface area contributed by atoms with Crippen LogP contribution in [-0.4, -0.2) is 12.2 Å². The molecule has 2 nitrogen and oxygen atoms in total. The summed E-state index contributed by atoms with van der Waals surface area (Å²) < 4.78 is 0. The molecule has 0 atom stereocenters. The van der Waals surface area contributed by atoms with Crippen LogP contribution < -0.4 is 4.90 Å². The molecule has 2 aromatic rings. The molecule has 0 amide bonds. The molecule has 0 saturated carbocycles. The molecule has 0 heterocycles. The lowest BCUT2D eigenvalue weighted by Gasteiger charge is -2.19. The summed E-state index contributed by atoms with van der Waals surface area (Å²) in [5.41, 5.74) is 3.33. The SMILES string of the molecule is Cc1ccc(N(C)c2cccc(O)c2)cc1. The molecule has 0 aromatic heterocycles. The summed E-state index contributed by atoms with van der Waals surface area (Å²) in [6.45, 7) is 2.07. The van der Waals surface area contributed by atoms with Gasteiger partial charge in [-0.2, -0.15) is 0 Å². The smallest absolute Gasteiger partial charge is 0.117 e. The van der Waals surface area contributed by atoms with E-state index in [1.807, 2.05) is 24.1 Å². The van der Waals surface area contributed by atoms with Crippen molar-refractivity contribution in [3.63, 3.8) is 0 Å². The number of benzene rings is 2. The van der Waals surface area contributed by atoms with E-state index in [2.05, 4.69) is 31.2 Å². The van der Waals surface area contributed by atoms with E-state index in [1.165, 1.54) is 5.56 Å². The van der Waals surface area contributed by atoms with Gasteiger partial charge in [0.25, 0.3) is 0 Å². The van der Waals surface area contributed by atoms with E-state index in [0.29, 0.717) is 0 Å². The van der Waals surface area contributed by atoms with Gasteiger partial charge in [0.15, 0.2) is 0 Å². The molecule has 0 radical (unpaired) electrons. The van der Waals surface area contributed by atoms with Gasteiger partial charge in [-0.3, -0.25) is 0 Å². The van der Waals surface area contributed by atoms with Gasteiger partial charge in [-0.05, 0) is 31.2 Å². The van der Waals surface area contributed by atoms with Gasteiger partial charge in [0.05, 0.1) is 0 Å². The Kier molecular flexibility index (Phi) is 2.82. The molecule has 0 fully saturated rings. The van der Waals surface area contributed by atoms with Crippen molar-refractivity contribution in [3.05, 3.63) is 54.1 Å². The number of anilines is 2. The first-order chi connectivity index (χ1) is 7.66. The molecule has 0 aliphatic rings. The molecule has 0 spiro atoms. The molecule has 0 aliphatic carbocycles. The number of phenolic OH excluding ortho intramolecular Hbond substituents is 1. The van der Waals surface area contributed by atoms with Gasteiger partial charge >= 0.3 is 0 Å². The fraction of sp³-hybridized carbons (Fsp3) is 0.143. The second-order valence-electron chi connectivity index (χ2n) is 3.91. The minimum Gasteiger partial charge on any atom is -0.508 e. The number of aromatic hydroxyl groups is 1. The van der Waals surface area contributed by atoms with E-state index in [1.54, 1.807) is 12.1 Å². The third-order valence-corrected chi connectivity index (χ3v) is 2.64. The van der Waals surface area contributed by atoms with E-state index in [0.717, 1.165) is 11.4 Å². The number of hydrogen-bond donors (Lipinski definition) is 1. The number of hydrogen-bond acceptors (Lipinski definition) is 2. The molecular formula is C14H15NO. The largest absolute Gasteiger partial charge is 0.508 e. The summed E-state index contributed by atoms with van der Waals surface area (Å²) >= 11 is 0. The maximum atomic E-state index is 9.43. The highest BCUT2D eigenvalue weighted by atomic mass is 16.3. The lowest BCUT2D eigenvalue weighted by atomic mass is 10.2. The zero-order valence-corrected chi connectivity index (χ0v) is 9.51. The maximum absolute atomic E-state index is 9.43. The second-order valence-corrected chi connectivity index (χ2v) is 3.91. The van der Waals surface area contributed by atoms with Crippen molar-refractivity contribution in [2.75, 3.05) is 11.9 Å². The molecule has 0 aliphatic heterocycles. The van der Waals surface area contributed by atoms with Crippen LogP contribution in [0.5, 0.6) is 5.75 Å². The van der Waals surface area contributed by atoms with Crippen molar-refractivity contribution in [1.29, 1.82) is 0 Å². The van der Waals surface area contributed by atoms with Crippen LogP contribution >= 0.6 is 0 Å². The first-order valence-corrected chi connectivity index (χ1v) is 5.26. The van der Waals surface area contributed by atoms with Crippen LogP contribution in [0.1, 0.15) is 5.56 Å². The van der Waals surface area contributed by atoms with Crippen molar-refractivity contribution >= 4 is 11.4 Å². The Labute approximate surface area is 95.8 Å². The Morgan fingerprint density at radius 1 is 0.938 bits per heavy atom. The first kappa shape index (κ1) is 10.6. The summed E-state index contributed by atoms with van der Waals surface area (Å²) in [6, 6.07) is 15.5. The monoisotopic (exact) mass is 213 g/mol. The number of rotatable bonds is 2. The summed E-state index contributed by atoms with van der Waals surface area (Å²) in [4.78, 5) is 2.04. The Morgan fingerprint density at radius 3 is 2.25 bits per heavy atom. The van der Waals surface area contributed by atoms with Gasteiger partial charge in [-0.1, -0.05) is 23.8 Å². The summed E-state index contributed by atoms with van der Waals surface area (Å²) in [5, 5.41) is 9.43. The first-order valence-electron chi connectivity index (χ1n) is 5.26. The Hall–Kier alpha value is -1.96. The minimum atomic E-state index is 0.288. The topological polar surface area (TPSA) is 23.5 Å². The van der Waals surface area contributed by atoms with Crippen LogP contribution in [0.3, 0.4) is 0 Å². The van der Waals surface area contributed by atoms with E-state index in [9.17, 15) is 5.11 Å². The molecule has 2 rings (SSSR count). The molecule has 2 heteroatoms. The molecule has 1 N–H and O–H groups in total. The van der Waals surface area contributed by atoms with Gasteiger partial charge in [0.2, 0.25) is 0 Å². The quantitative estimate of drug-likeness (QED) is 0.825. The van der Waals surface area contributed by atoms with Crippen molar-refractivity contribution < 1.29 is 5.11 Å².